The number of hydrogen-bond donors (Lipinski definition) is 2. The molecule has 0 unspecified atom stereocenters. The molecule has 0 atom stereocenters. The number of hydrazone groups is 1. The van der Waals surface area contributed by atoms with Crippen LogP contribution in [0.15, 0.2) is 90.2 Å². The van der Waals surface area contributed by atoms with Crippen LogP contribution in [0.1, 0.15) is 5.56 Å². The molecule has 0 amide bonds. The highest BCUT2D eigenvalue weighted by Gasteiger charge is 2.15. The fourth-order valence-electron chi connectivity index (χ4n) is 3.41. The lowest BCUT2D eigenvalue weighted by atomic mass is 10.1. The van der Waals surface area contributed by atoms with E-state index in [2.05, 4.69) is 20.5 Å². The van der Waals surface area contributed by atoms with E-state index in [0.717, 1.165) is 39.3 Å². The van der Waals surface area contributed by atoms with Gasteiger partial charge in [0.1, 0.15) is 11.4 Å². The normalized spacial score (nSPS) is 11.3. The highest BCUT2D eigenvalue weighted by molar-refractivity contribution is 5.90. The molecule has 0 saturated carbocycles. The zero-order valence-corrected chi connectivity index (χ0v) is 16.9. The summed E-state index contributed by atoms with van der Waals surface area (Å²) in [5.41, 5.74) is 8.28. The van der Waals surface area contributed by atoms with Gasteiger partial charge in [-0.2, -0.15) is 10.2 Å². The second kappa shape index (κ2) is 8.16. The molecular weight excluding hydrogens is 388 g/mol. The third-order valence-corrected chi connectivity index (χ3v) is 4.89. The van der Waals surface area contributed by atoms with Crippen molar-refractivity contribution in [3.8, 4) is 22.7 Å². The lowest BCUT2D eigenvalue weighted by molar-refractivity contribution is 0.416. The molecule has 0 aliphatic rings. The maximum absolute atomic E-state index is 5.55. The SMILES string of the molecule is COc1ccccc1-c1nn(-c2ccccc2)cc1/C=N\Nc1nc2ccccc2[nH]1. The van der Waals surface area contributed by atoms with Gasteiger partial charge in [0, 0.05) is 17.3 Å². The van der Waals surface area contributed by atoms with Crippen molar-refractivity contribution in [1.82, 2.24) is 19.7 Å². The second-order valence-electron chi connectivity index (χ2n) is 6.89. The summed E-state index contributed by atoms with van der Waals surface area (Å²) < 4.78 is 7.39. The third-order valence-electron chi connectivity index (χ3n) is 4.89. The fraction of sp³-hybridized carbons (Fsp3) is 0.0417. The van der Waals surface area contributed by atoms with Crippen molar-refractivity contribution in [3.63, 3.8) is 0 Å². The van der Waals surface area contributed by atoms with E-state index >= 15 is 0 Å². The molecule has 2 N–H and O–H groups in total. The number of H-pyrrole nitrogens is 1. The minimum atomic E-state index is 0.576. The predicted octanol–water partition coefficient (Wildman–Crippen LogP) is 4.87. The van der Waals surface area contributed by atoms with Crippen molar-refractivity contribution >= 4 is 23.2 Å². The highest BCUT2D eigenvalue weighted by Crippen LogP contribution is 2.31. The molecule has 2 aromatic heterocycles. The number of hydrogen-bond acceptors (Lipinski definition) is 5. The second-order valence-corrected chi connectivity index (χ2v) is 6.89. The van der Waals surface area contributed by atoms with Gasteiger partial charge in [-0.25, -0.2) is 15.1 Å². The zero-order valence-electron chi connectivity index (χ0n) is 16.9. The molecule has 0 spiro atoms. The van der Waals surface area contributed by atoms with E-state index < -0.39 is 0 Å². The maximum atomic E-state index is 5.55. The van der Waals surface area contributed by atoms with Crippen molar-refractivity contribution < 1.29 is 4.74 Å². The predicted molar refractivity (Wildman–Crippen MR) is 123 cm³/mol. The molecule has 3 aromatic carbocycles. The van der Waals surface area contributed by atoms with Gasteiger partial charge >= 0.3 is 0 Å². The fourth-order valence-corrected chi connectivity index (χ4v) is 3.41. The number of imidazole rings is 1. The first-order chi connectivity index (χ1) is 15.3. The first-order valence-electron chi connectivity index (χ1n) is 9.84. The largest absolute Gasteiger partial charge is 0.496 e. The molecule has 0 aliphatic carbocycles. The number of benzene rings is 3. The molecule has 0 radical (unpaired) electrons. The summed E-state index contributed by atoms with van der Waals surface area (Å²) >= 11 is 0. The van der Waals surface area contributed by atoms with Gasteiger partial charge in [-0.05, 0) is 36.4 Å². The molecule has 7 nitrogen and oxygen atoms in total. The number of para-hydroxylation sites is 4. The highest BCUT2D eigenvalue weighted by atomic mass is 16.5. The van der Waals surface area contributed by atoms with Gasteiger partial charge in [0.05, 0.1) is 30.0 Å². The van der Waals surface area contributed by atoms with E-state index in [1.54, 1.807) is 13.3 Å². The number of ether oxygens (including phenoxy) is 1. The van der Waals surface area contributed by atoms with Crippen molar-refractivity contribution in [3.05, 3.63) is 90.6 Å². The van der Waals surface area contributed by atoms with Crippen LogP contribution in [0.3, 0.4) is 0 Å². The summed E-state index contributed by atoms with van der Waals surface area (Å²) in [6.45, 7) is 0. The van der Waals surface area contributed by atoms with Crippen molar-refractivity contribution in [2.45, 2.75) is 0 Å². The Labute approximate surface area is 179 Å². The van der Waals surface area contributed by atoms with Gasteiger partial charge in [-0.3, -0.25) is 0 Å². The number of methoxy groups -OCH3 is 1. The maximum Gasteiger partial charge on any atom is 0.222 e. The summed E-state index contributed by atoms with van der Waals surface area (Å²) in [5.74, 6) is 1.33. The number of nitrogens with one attached hydrogen (secondary N) is 2. The average molecular weight is 408 g/mol. The lowest BCUT2D eigenvalue weighted by Crippen LogP contribution is -1.95. The summed E-state index contributed by atoms with van der Waals surface area (Å²) in [5, 5.41) is 9.21. The Hall–Kier alpha value is -4.39. The van der Waals surface area contributed by atoms with Gasteiger partial charge in [0.25, 0.3) is 0 Å². The molecule has 0 fully saturated rings. The molecule has 2 heterocycles. The van der Waals surface area contributed by atoms with E-state index in [9.17, 15) is 0 Å². The van der Waals surface area contributed by atoms with Crippen LogP contribution in [0.2, 0.25) is 0 Å². The molecule has 7 heteroatoms. The van der Waals surface area contributed by atoms with Crippen molar-refractivity contribution in [2.75, 3.05) is 12.5 Å². The molecule has 5 rings (SSSR count). The van der Waals surface area contributed by atoms with Crippen LogP contribution in [-0.2, 0) is 0 Å². The van der Waals surface area contributed by atoms with Crippen molar-refractivity contribution in [1.29, 1.82) is 0 Å². The number of rotatable bonds is 6. The van der Waals surface area contributed by atoms with Crippen LogP contribution in [0.4, 0.5) is 5.95 Å². The van der Waals surface area contributed by atoms with Crippen LogP contribution in [0.25, 0.3) is 28.0 Å². The van der Waals surface area contributed by atoms with Gasteiger partial charge in [0.15, 0.2) is 0 Å². The molecule has 5 aromatic rings. The monoisotopic (exact) mass is 408 g/mol. The van der Waals surface area contributed by atoms with E-state index in [0.29, 0.717) is 5.95 Å². The summed E-state index contributed by atoms with van der Waals surface area (Å²) in [7, 11) is 1.66. The van der Waals surface area contributed by atoms with Gasteiger partial charge in [-0.1, -0.05) is 42.5 Å². The van der Waals surface area contributed by atoms with Crippen LogP contribution >= 0.6 is 0 Å². The number of nitrogens with zero attached hydrogens (tertiary/aromatic N) is 4. The van der Waals surface area contributed by atoms with E-state index in [4.69, 9.17) is 9.84 Å². The smallest absolute Gasteiger partial charge is 0.222 e. The van der Waals surface area contributed by atoms with E-state index in [-0.39, 0.29) is 0 Å². The van der Waals surface area contributed by atoms with E-state index in [1.165, 1.54) is 0 Å². The Kier molecular flexibility index (Phi) is 4.90. The van der Waals surface area contributed by atoms with Crippen LogP contribution in [0, 0.1) is 0 Å². The molecule has 0 bridgehead atoms. The zero-order chi connectivity index (χ0) is 21.0. The van der Waals surface area contributed by atoms with E-state index in [1.807, 2.05) is 89.7 Å². The third kappa shape index (κ3) is 3.76. The Morgan fingerprint density at radius 3 is 2.58 bits per heavy atom. The van der Waals surface area contributed by atoms with Gasteiger partial charge in [-0.15, -0.1) is 0 Å². The Morgan fingerprint density at radius 2 is 1.74 bits per heavy atom. The Bertz CT molecular complexity index is 1320. The molecule has 31 heavy (non-hydrogen) atoms. The number of aromatic nitrogens is 4. The van der Waals surface area contributed by atoms with Crippen LogP contribution in [-0.4, -0.2) is 33.1 Å². The molecular formula is C24H20N6O. The summed E-state index contributed by atoms with van der Waals surface area (Å²) in [6, 6.07) is 25.6. The number of anilines is 1. The van der Waals surface area contributed by atoms with Crippen LogP contribution in [0.5, 0.6) is 5.75 Å². The summed E-state index contributed by atoms with van der Waals surface area (Å²) in [6.07, 6.45) is 3.68. The standard InChI is InChI=1S/C24H20N6O/c1-31-22-14-8-5-11-19(22)23-17(16-30(29-23)18-9-3-2-4-10-18)15-25-28-24-26-20-12-6-7-13-21(20)27-24/h2-16H,1H3,(H2,26,27,28)/b25-15-. The minimum absolute atomic E-state index is 0.576. The first-order valence-corrected chi connectivity index (χ1v) is 9.84. The quantitative estimate of drug-likeness (QED) is 0.310. The first kappa shape index (κ1) is 18.6. The van der Waals surface area contributed by atoms with Gasteiger partial charge < -0.3 is 9.72 Å². The number of aromatic amines is 1. The lowest BCUT2D eigenvalue weighted by Gasteiger charge is -2.06. The van der Waals surface area contributed by atoms with Gasteiger partial charge in [0.2, 0.25) is 5.95 Å². The minimum Gasteiger partial charge on any atom is -0.496 e. The number of fused-ring (bicyclic) bond motifs is 1. The summed E-state index contributed by atoms with van der Waals surface area (Å²) in [4.78, 5) is 7.68. The molecule has 0 saturated heterocycles. The Balaban J connectivity index is 1.51. The van der Waals surface area contributed by atoms with Crippen LogP contribution < -0.4 is 10.2 Å². The van der Waals surface area contributed by atoms with Crippen molar-refractivity contribution in [2.24, 2.45) is 5.10 Å². The average Bonchev–Trinajstić information content (AvgIpc) is 3.43. The molecule has 152 valence electrons. The molecule has 0 aliphatic heterocycles. The Morgan fingerprint density at radius 1 is 0.968 bits per heavy atom. The topological polar surface area (TPSA) is 80.1 Å².